The molecule has 0 fully saturated rings. The molecule has 23 heavy (non-hydrogen) atoms. The van der Waals surface area contributed by atoms with E-state index in [0.717, 1.165) is 5.56 Å². The Hall–Kier alpha value is -2.92. The average molecular weight is 311 g/mol. The summed E-state index contributed by atoms with van der Waals surface area (Å²) >= 11 is 0. The van der Waals surface area contributed by atoms with Gasteiger partial charge >= 0.3 is 0 Å². The molecule has 118 valence electrons. The van der Waals surface area contributed by atoms with Crippen molar-refractivity contribution in [3.63, 3.8) is 0 Å². The van der Waals surface area contributed by atoms with Gasteiger partial charge in [-0.1, -0.05) is 30.3 Å². The van der Waals surface area contributed by atoms with Gasteiger partial charge in [-0.2, -0.15) is 0 Å². The molecule has 5 nitrogen and oxygen atoms in total. The van der Waals surface area contributed by atoms with E-state index in [4.69, 9.17) is 15.9 Å². The predicted octanol–water partition coefficient (Wildman–Crippen LogP) is 2.22. The summed E-state index contributed by atoms with van der Waals surface area (Å²) < 4.78 is 0. The monoisotopic (exact) mass is 311 g/mol. The molecule has 0 spiro atoms. The number of phenolic OH excluding ortho intramolecular Hbond substituents is 2. The minimum atomic E-state index is -0.0924. The fraction of sp³-hybridized carbons (Fsp3) is 0.111. The Morgan fingerprint density at radius 3 is 1.87 bits per heavy atom. The van der Waals surface area contributed by atoms with Crippen LogP contribution >= 0.6 is 0 Å². The predicted molar refractivity (Wildman–Crippen MR) is 86.8 cm³/mol. The molecular weight excluding hydrogens is 294 g/mol. The highest BCUT2D eigenvalue weighted by Gasteiger charge is 2.16. The first kappa shape index (κ1) is 16.5. The van der Waals surface area contributed by atoms with Crippen molar-refractivity contribution >= 4 is 11.6 Å². The summed E-state index contributed by atoms with van der Waals surface area (Å²) in [5.74, 6) is -0.364. The van der Waals surface area contributed by atoms with Crippen molar-refractivity contribution in [2.75, 3.05) is 6.54 Å². The number of allylic oxidation sites excluding steroid dienone is 2. The first-order chi connectivity index (χ1) is 11.0. The average Bonchev–Trinajstić information content (AvgIpc) is 2.56. The Kier molecular flexibility index (Phi) is 5.28. The highest BCUT2D eigenvalue weighted by atomic mass is 16.3. The van der Waals surface area contributed by atoms with Crippen LogP contribution in [0.4, 0.5) is 0 Å². The number of aromatic hydroxyl groups is 2. The Bertz CT molecular complexity index is 728. The van der Waals surface area contributed by atoms with E-state index in [1.165, 1.54) is 24.3 Å². The Balaban J connectivity index is 0.000000168. The van der Waals surface area contributed by atoms with Gasteiger partial charge in [-0.05, 0) is 42.8 Å². The van der Waals surface area contributed by atoms with Crippen LogP contribution in [0.3, 0.4) is 0 Å². The van der Waals surface area contributed by atoms with Crippen molar-refractivity contribution < 1.29 is 19.8 Å². The molecule has 0 radical (unpaired) electrons. The number of nitrogens with two attached hydrogens (primary N) is 1. The van der Waals surface area contributed by atoms with E-state index in [2.05, 4.69) is 0 Å². The SMILES string of the molecule is NCCc1ccc(O)c(O)c1.O=C1C=CC(=O)c2ccccc21. The molecule has 0 saturated carbocycles. The van der Waals surface area contributed by atoms with Crippen molar-refractivity contribution in [1.29, 1.82) is 0 Å². The first-order valence-corrected chi connectivity index (χ1v) is 7.09. The molecule has 1 aliphatic rings. The third-order valence-corrected chi connectivity index (χ3v) is 3.32. The normalized spacial score (nSPS) is 12.4. The number of rotatable bonds is 2. The van der Waals surface area contributed by atoms with Crippen LogP contribution in [0.25, 0.3) is 0 Å². The number of benzene rings is 2. The quantitative estimate of drug-likeness (QED) is 0.738. The van der Waals surface area contributed by atoms with Crippen LogP contribution in [0.1, 0.15) is 26.3 Å². The van der Waals surface area contributed by atoms with Crippen molar-refractivity contribution in [2.45, 2.75) is 6.42 Å². The van der Waals surface area contributed by atoms with Crippen LogP contribution in [-0.4, -0.2) is 28.3 Å². The summed E-state index contributed by atoms with van der Waals surface area (Å²) in [6, 6.07) is 11.6. The Labute approximate surface area is 133 Å². The summed E-state index contributed by atoms with van der Waals surface area (Å²) in [7, 11) is 0. The fourth-order valence-corrected chi connectivity index (χ4v) is 2.13. The second kappa shape index (κ2) is 7.38. The molecule has 0 unspecified atom stereocenters. The highest BCUT2D eigenvalue weighted by molar-refractivity contribution is 6.21. The Morgan fingerprint density at radius 2 is 1.39 bits per heavy atom. The topological polar surface area (TPSA) is 101 Å². The maximum Gasteiger partial charge on any atom is 0.186 e. The second-order valence-electron chi connectivity index (χ2n) is 4.97. The van der Waals surface area contributed by atoms with Gasteiger partial charge in [0.05, 0.1) is 0 Å². The lowest BCUT2D eigenvalue weighted by Crippen LogP contribution is -2.10. The number of hydrogen-bond donors (Lipinski definition) is 3. The molecule has 3 rings (SSSR count). The number of ketones is 2. The Morgan fingerprint density at radius 1 is 0.826 bits per heavy atom. The number of phenols is 2. The van der Waals surface area contributed by atoms with Gasteiger partial charge in [-0.25, -0.2) is 0 Å². The zero-order chi connectivity index (χ0) is 16.8. The van der Waals surface area contributed by atoms with Gasteiger partial charge in [0.2, 0.25) is 0 Å². The number of carbonyl (C=O) groups is 2. The molecule has 0 aliphatic heterocycles. The van der Waals surface area contributed by atoms with Crippen molar-refractivity contribution in [1.82, 2.24) is 0 Å². The lowest BCUT2D eigenvalue weighted by atomic mass is 9.95. The zero-order valence-electron chi connectivity index (χ0n) is 12.4. The fourth-order valence-electron chi connectivity index (χ4n) is 2.13. The van der Waals surface area contributed by atoms with Crippen molar-refractivity contribution in [2.24, 2.45) is 5.73 Å². The molecule has 2 aromatic rings. The van der Waals surface area contributed by atoms with Crippen molar-refractivity contribution in [3.05, 3.63) is 71.3 Å². The van der Waals surface area contributed by atoms with Gasteiger partial charge in [0, 0.05) is 11.1 Å². The molecule has 0 saturated heterocycles. The first-order valence-electron chi connectivity index (χ1n) is 7.09. The van der Waals surface area contributed by atoms with Crippen LogP contribution in [-0.2, 0) is 6.42 Å². The maximum atomic E-state index is 11.2. The lowest BCUT2D eigenvalue weighted by Gasteiger charge is -2.06. The minimum absolute atomic E-state index is 0.0871. The van der Waals surface area contributed by atoms with Crippen LogP contribution in [0.2, 0.25) is 0 Å². The number of carbonyl (C=O) groups excluding carboxylic acids is 2. The van der Waals surface area contributed by atoms with Crippen LogP contribution < -0.4 is 5.73 Å². The third-order valence-electron chi connectivity index (χ3n) is 3.32. The molecule has 2 aromatic carbocycles. The van der Waals surface area contributed by atoms with E-state index < -0.39 is 0 Å². The number of hydrogen-bond acceptors (Lipinski definition) is 5. The third kappa shape index (κ3) is 4.05. The van der Waals surface area contributed by atoms with E-state index in [0.29, 0.717) is 24.1 Å². The maximum absolute atomic E-state index is 11.2. The summed E-state index contributed by atoms with van der Waals surface area (Å²) in [5.41, 5.74) is 7.25. The zero-order valence-corrected chi connectivity index (χ0v) is 12.4. The molecule has 4 N–H and O–H groups in total. The highest BCUT2D eigenvalue weighted by Crippen LogP contribution is 2.24. The summed E-state index contributed by atoms with van der Waals surface area (Å²) in [5, 5.41) is 18.0. The van der Waals surface area contributed by atoms with Crippen LogP contribution in [0.5, 0.6) is 11.5 Å². The van der Waals surface area contributed by atoms with Crippen molar-refractivity contribution in [3.8, 4) is 11.5 Å². The summed E-state index contributed by atoms with van der Waals surface area (Å²) in [6.07, 6.45) is 3.34. The van der Waals surface area contributed by atoms with Crippen LogP contribution in [0.15, 0.2) is 54.6 Å². The van der Waals surface area contributed by atoms with Crippen LogP contribution in [0, 0.1) is 0 Å². The molecule has 5 heteroatoms. The largest absolute Gasteiger partial charge is 0.504 e. The van der Waals surface area contributed by atoms with E-state index in [1.807, 2.05) is 0 Å². The molecule has 0 aromatic heterocycles. The van der Waals surface area contributed by atoms with E-state index in [-0.39, 0.29) is 23.1 Å². The smallest absolute Gasteiger partial charge is 0.186 e. The van der Waals surface area contributed by atoms with E-state index in [1.54, 1.807) is 30.3 Å². The minimum Gasteiger partial charge on any atom is -0.504 e. The summed E-state index contributed by atoms with van der Waals surface area (Å²) in [6.45, 7) is 0.546. The van der Waals surface area contributed by atoms with E-state index >= 15 is 0 Å². The molecule has 0 bridgehead atoms. The molecular formula is C18H17NO4. The van der Waals surface area contributed by atoms with E-state index in [9.17, 15) is 9.59 Å². The van der Waals surface area contributed by atoms with Gasteiger partial charge in [-0.15, -0.1) is 0 Å². The van der Waals surface area contributed by atoms with Gasteiger partial charge in [0.15, 0.2) is 23.1 Å². The van der Waals surface area contributed by atoms with Gasteiger partial charge in [0.25, 0.3) is 0 Å². The molecule has 1 aliphatic carbocycles. The molecule has 0 amide bonds. The van der Waals surface area contributed by atoms with Gasteiger partial charge in [0.1, 0.15) is 0 Å². The standard InChI is InChI=1S/C10H6O2.C8H11NO2/c11-9-5-6-10(12)8-4-2-1-3-7(8)9;9-4-3-6-1-2-7(10)8(11)5-6/h1-6H;1-2,5,10-11H,3-4,9H2. The molecule has 0 atom stereocenters. The molecule has 0 heterocycles. The second-order valence-corrected chi connectivity index (χ2v) is 4.97. The van der Waals surface area contributed by atoms with Gasteiger partial charge in [-0.3, -0.25) is 9.59 Å². The number of fused-ring (bicyclic) bond motifs is 1. The lowest BCUT2D eigenvalue weighted by molar-refractivity contribution is 0.0994. The summed E-state index contributed by atoms with van der Waals surface area (Å²) in [4.78, 5) is 22.4. The van der Waals surface area contributed by atoms with Gasteiger partial charge < -0.3 is 15.9 Å².